The van der Waals surface area contributed by atoms with Gasteiger partial charge in [-0.25, -0.2) is 0 Å². The number of methoxy groups -OCH3 is 3. The standard InChI is InChI=1S/C16H26O10/c1-11(17)5-14(18)24-9-13(23-4)10-26-16(20)6-15(19)25-8-12(22-3)7-21-2/h12-13H,5-10H2,1-4H3. The normalized spacial score (nSPS) is 12.8. The van der Waals surface area contributed by atoms with Crippen LogP contribution >= 0.6 is 0 Å². The fourth-order valence-corrected chi connectivity index (χ4v) is 1.59. The van der Waals surface area contributed by atoms with Gasteiger partial charge in [0, 0.05) is 21.3 Å². The maximum atomic E-state index is 11.6. The lowest BCUT2D eigenvalue weighted by molar-refractivity contribution is -0.160. The molecule has 2 unspecified atom stereocenters. The first-order valence-corrected chi connectivity index (χ1v) is 7.83. The molecule has 0 amide bonds. The molecule has 0 aromatic carbocycles. The van der Waals surface area contributed by atoms with Crippen molar-refractivity contribution in [2.45, 2.75) is 32.0 Å². The van der Waals surface area contributed by atoms with Gasteiger partial charge in [0.1, 0.15) is 50.7 Å². The van der Waals surface area contributed by atoms with Gasteiger partial charge in [-0.3, -0.25) is 19.2 Å². The van der Waals surface area contributed by atoms with Crippen molar-refractivity contribution in [3.8, 4) is 0 Å². The third kappa shape index (κ3) is 12.3. The van der Waals surface area contributed by atoms with Crippen LogP contribution in [-0.2, 0) is 47.6 Å². The Hall–Kier alpha value is -2.04. The molecule has 0 saturated carbocycles. The van der Waals surface area contributed by atoms with E-state index in [1.165, 1.54) is 28.3 Å². The first-order valence-electron chi connectivity index (χ1n) is 7.83. The van der Waals surface area contributed by atoms with Gasteiger partial charge in [0.2, 0.25) is 0 Å². The number of carbonyl (C=O) groups is 4. The minimum Gasteiger partial charge on any atom is -0.462 e. The molecule has 2 atom stereocenters. The molecule has 0 aliphatic heterocycles. The molecule has 0 saturated heterocycles. The van der Waals surface area contributed by atoms with Crippen LogP contribution in [0.25, 0.3) is 0 Å². The van der Waals surface area contributed by atoms with Gasteiger partial charge in [0.25, 0.3) is 0 Å². The molecule has 0 heterocycles. The van der Waals surface area contributed by atoms with Crippen LogP contribution in [0.2, 0.25) is 0 Å². The van der Waals surface area contributed by atoms with E-state index in [4.69, 9.17) is 28.4 Å². The quantitative estimate of drug-likeness (QED) is 0.225. The number of rotatable bonds is 14. The molecular formula is C16H26O10. The minimum atomic E-state index is -0.812. The Kier molecular flexibility index (Phi) is 13.1. The summed E-state index contributed by atoms with van der Waals surface area (Å²) in [4.78, 5) is 45.2. The van der Waals surface area contributed by atoms with Gasteiger partial charge in [-0.2, -0.15) is 0 Å². The summed E-state index contributed by atoms with van der Waals surface area (Å²) in [5, 5.41) is 0. The van der Waals surface area contributed by atoms with Crippen LogP contribution in [0.1, 0.15) is 19.8 Å². The number of ketones is 1. The first kappa shape index (κ1) is 24.0. The van der Waals surface area contributed by atoms with Crippen LogP contribution in [-0.4, -0.2) is 83.7 Å². The highest BCUT2D eigenvalue weighted by atomic mass is 16.6. The number of Topliss-reactive ketones (excluding diaryl/α,β-unsaturated/α-hetero) is 1. The molecule has 0 aromatic rings. The van der Waals surface area contributed by atoms with Crippen molar-refractivity contribution in [2.24, 2.45) is 0 Å². The van der Waals surface area contributed by atoms with Crippen molar-refractivity contribution in [2.75, 3.05) is 47.8 Å². The number of ether oxygens (including phenoxy) is 6. The van der Waals surface area contributed by atoms with E-state index in [0.29, 0.717) is 0 Å². The number of hydrogen-bond donors (Lipinski definition) is 0. The summed E-state index contributed by atoms with van der Waals surface area (Å²) in [7, 11) is 4.26. The molecule has 10 nitrogen and oxygen atoms in total. The number of esters is 3. The van der Waals surface area contributed by atoms with Gasteiger partial charge in [0.15, 0.2) is 0 Å². The van der Waals surface area contributed by atoms with Crippen LogP contribution < -0.4 is 0 Å². The molecule has 0 aliphatic rings. The maximum absolute atomic E-state index is 11.6. The van der Waals surface area contributed by atoms with Gasteiger partial charge < -0.3 is 28.4 Å². The lowest BCUT2D eigenvalue weighted by Gasteiger charge is -2.16. The molecule has 0 rings (SSSR count). The van der Waals surface area contributed by atoms with Crippen molar-refractivity contribution >= 4 is 23.7 Å². The lowest BCUT2D eigenvalue weighted by atomic mass is 10.3. The van der Waals surface area contributed by atoms with E-state index in [0.717, 1.165) is 0 Å². The smallest absolute Gasteiger partial charge is 0.317 e. The predicted octanol–water partition coefficient (Wildman–Crippen LogP) is -0.338. The topological polar surface area (TPSA) is 124 Å². The number of hydrogen-bond acceptors (Lipinski definition) is 10. The second kappa shape index (κ2) is 14.2. The van der Waals surface area contributed by atoms with Crippen LogP contribution in [0.15, 0.2) is 0 Å². The molecule has 150 valence electrons. The Morgan fingerprint density at radius 3 is 1.38 bits per heavy atom. The molecule has 0 aliphatic carbocycles. The maximum Gasteiger partial charge on any atom is 0.317 e. The first-order chi connectivity index (χ1) is 12.3. The van der Waals surface area contributed by atoms with Crippen LogP contribution in [0.4, 0.5) is 0 Å². The highest BCUT2D eigenvalue weighted by Gasteiger charge is 2.18. The van der Waals surface area contributed by atoms with Crippen molar-refractivity contribution in [1.82, 2.24) is 0 Å². The Balaban J connectivity index is 4.07. The number of carbonyl (C=O) groups excluding carboxylic acids is 4. The van der Waals surface area contributed by atoms with E-state index < -0.39 is 36.5 Å². The highest BCUT2D eigenvalue weighted by Crippen LogP contribution is 2.00. The van der Waals surface area contributed by atoms with Crippen molar-refractivity contribution < 1.29 is 47.6 Å². The summed E-state index contributed by atoms with van der Waals surface area (Å²) in [6.07, 6.45) is -2.06. The third-order valence-corrected chi connectivity index (χ3v) is 2.99. The molecule has 0 aromatic heterocycles. The fourth-order valence-electron chi connectivity index (χ4n) is 1.59. The molecule has 0 spiro atoms. The van der Waals surface area contributed by atoms with Crippen LogP contribution in [0, 0.1) is 0 Å². The third-order valence-electron chi connectivity index (χ3n) is 2.99. The van der Waals surface area contributed by atoms with E-state index in [1.807, 2.05) is 0 Å². The molecule has 0 bridgehead atoms. The lowest BCUT2D eigenvalue weighted by Crippen LogP contribution is -2.29. The van der Waals surface area contributed by atoms with Gasteiger partial charge in [-0.05, 0) is 6.92 Å². The fraction of sp³-hybridized carbons (Fsp3) is 0.750. The van der Waals surface area contributed by atoms with Gasteiger partial charge in [-0.1, -0.05) is 0 Å². The van der Waals surface area contributed by atoms with Crippen molar-refractivity contribution in [3.05, 3.63) is 0 Å². The Morgan fingerprint density at radius 2 is 1.04 bits per heavy atom. The summed E-state index contributed by atoms with van der Waals surface area (Å²) in [6, 6.07) is 0. The summed E-state index contributed by atoms with van der Waals surface area (Å²) >= 11 is 0. The van der Waals surface area contributed by atoms with Gasteiger partial charge in [-0.15, -0.1) is 0 Å². The van der Waals surface area contributed by atoms with E-state index in [9.17, 15) is 19.2 Å². The molecule has 0 radical (unpaired) electrons. The van der Waals surface area contributed by atoms with E-state index in [2.05, 4.69) is 0 Å². The average Bonchev–Trinajstić information content (AvgIpc) is 2.58. The average molecular weight is 378 g/mol. The molecule has 26 heavy (non-hydrogen) atoms. The summed E-state index contributed by atoms with van der Waals surface area (Å²) in [6.45, 7) is 1.04. The predicted molar refractivity (Wildman–Crippen MR) is 86.3 cm³/mol. The van der Waals surface area contributed by atoms with E-state index in [-0.39, 0.29) is 38.6 Å². The molecule has 0 N–H and O–H groups in total. The molecule has 10 heteroatoms. The Bertz CT molecular complexity index is 462. The van der Waals surface area contributed by atoms with E-state index >= 15 is 0 Å². The minimum absolute atomic E-state index is 0.0523. The highest BCUT2D eigenvalue weighted by molar-refractivity contribution is 5.94. The van der Waals surface area contributed by atoms with Gasteiger partial charge >= 0.3 is 17.9 Å². The zero-order valence-corrected chi connectivity index (χ0v) is 15.5. The monoisotopic (exact) mass is 378 g/mol. The van der Waals surface area contributed by atoms with E-state index in [1.54, 1.807) is 0 Å². The summed E-state index contributed by atoms with van der Waals surface area (Å²) in [5.74, 6) is -2.60. The Morgan fingerprint density at radius 1 is 0.654 bits per heavy atom. The zero-order valence-electron chi connectivity index (χ0n) is 15.5. The second-order valence-corrected chi connectivity index (χ2v) is 5.28. The van der Waals surface area contributed by atoms with Gasteiger partial charge in [0.05, 0.1) is 6.61 Å². The van der Waals surface area contributed by atoms with Crippen molar-refractivity contribution in [1.29, 1.82) is 0 Å². The molecule has 0 fully saturated rings. The zero-order chi connectivity index (χ0) is 19.9. The Labute approximate surface area is 152 Å². The molecular weight excluding hydrogens is 352 g/mol. The summed E-state index contributed by atoms with van der Waals surface area (Å²) in [5.41, 5.74) is 0. The SMILES string of the molecule is COCC(COC(=O)CC(=O)OCC(COC(=O)CC(C)=O)OC)OC. The summed E-state index contributed by atoms with van der Waals surface area (Å²) < 4.78 is 29.5. The van der Waals surface area contributed by atoms with Crippen molar-refractivity contribution in [3.63, 3.8) is 0 Å². The largest absolute Gasteiger partial charge is 0.462 e. The van der Waals surface area contributed by atoms with Crippen LogP contribution in [0.3, 0.4) is 0 Å². The second-order valence-electron chi connectivity index (χ2n) is 5.28. The van der Waals surface area contributed by atoms with Crippen LogP contribution in [0.5, 0.6) is 0 Å².